The summed E-state index contributed by atoms with van der Waals surface area (Å²) in [6.07, 6.45) is 8.73. The predicted octanol–water partition coefficient (Wildman–Crippen LogP) is 4.18. The number of hydrogen-bond donors (Lipinski definition) is 1. The molecule has 0 atom stereocenters. The molecule has 0 bridgehead atoms. The van der Waals surface area contributed by atoms with E-state index in [9.17, 15) is 0 Å². The number of allylic oxidation sites excluding steroid dienone is 4. The molecule has 0 saturated heterocycles. The van der Waals surface area contributed by atoms with Gasteiger partial charge in [-0.15, -0.1) is 0 Å². The van der Waals surface area contributed by atoms with Gasteiger partial charge in [0.1, 0.15) is 0 Å². The number of hydrogen-bond acceptors (Lipinski definition) is 1. The number of rotatable bonds is 1. The molecule has 1 aliphatic rings. The van der Waals surface area contributed by atoms with Crippen LogP contribution in [0.2, 0.25) is 10.0 Å². The summed E-state index contributed by atoms with van der Waals surface area (Å²) in [4.78, 5) is 0. The van der Waals surface area contributed by atoms with Gasteiger partial charge in [0.25, 0.3) is 0 Å². The van der Waals surface area contributed by atoms with Crippen LogP contribution in [0, 0.1) is 0 Å². The van der Waals surface area contributed by atoms with E-state index < -0.39 is 0 Å². The third-order valence-corrected chi connectivity index (χ3v) is 2.98. The first-order valence-corrected chi connectivity index (χ1v) is 5.71. The van der Waals surface area contributed by atoms with Gasteiger partial charge in [0, 0.05) is 15.7 Å². The van der Waals surface area contributed by atoms with Crippen molar-refractivity contribution in [3.05, 3.63) is 63.3 Å². The van der Waals surface area contributed by atoms with Crippen molar-refractivity contribution < 1.29 is 0 Å². The van der Waals surface area contributed by atoms with E-state index in [4.69, 9.17) is 28.9 Å². The molecule has 3 heteroatoms. The van der Waals surface area contributed by atoms with Crippen molar-refractivity contribution >= 4 is 29.3 Å². The molecule has 0 heterocycles. The third kappa shape index (κ3) is 2.49. The van der Waals surface area contributed by atoms with Gasteiger partial charge >= 0.3 is 0 Å². The van der Waals surface area contributed by atoms with Crippen LogP contribution in [0.25, 0.3) is 6.08 Å². The van der Waals surface area contributed by atoms with Crippen molar-refractivity contribution in [2.75, 3.05) is 0 Å². The van der Waals surface area contributed by atoms with Gasteiger partial charge < -0.3 is 5.73 Å². The van der Waals surface area contributed by atoms with Crippen LogP contribution < -0.4 is 5.73 Å². The zero-order valence-corrected chi connectivity index (χ0v) is 10.1. The lowest BCUT2D eigenvalue weighted by molar-refractivity contribution is 1.17. The summed E-state index contributed by atoms with van der Waals surface area (Å²) in [6, 6.07) is 5.44. The first-order chi connectivity index (χ1) is 7.66. The van der Waals surface area contributed by atoms with Gasteiger partial charge in [-0.3, -0.25) is 0 Å². The second-order valence-electron chi connectivity index (χ2n) is 3.59. The molecule has 2 N–H and O–H groups in total. The van der Waals surface area contributed by atoms with Crippen LogP contribution in [0.1, 0.15) is 12.0 Å². The van der Waals surface area contributed by atoms with Gasteiger partial charge in [0.15, 0.2) is 0 Å². The van der Waals surface area contributed by atoms with Gasteiger partial charge in [0.05, 0.1) is 0 Å². The molecule has 1 nitrogen and oxygen atoms in total. The average Bonchev–Trinajstić information content (AvgIpc) is 2.25. The summed E-state index contributed by atoms with van der Waals surface area (Å²) in [5.74, 6) is 0. The van der Waals surface area contributed by atoms with Gasteiger partial charge in [-0.05, 0) is 41.8 Å². The highest BCUT2D eigenvalue weighted by atomic mass is 35.5. The Morgan fingerprint density at radius 1 is 1.25 bits per heavy atom. The van der Waals surface area contributed by atoms with Crippen molar-refractivity contribution in [3.63, 3.8) is 0 Å². The van der Waals surface area contributed by atoms with E-state index in [-0.39, 0.29) is 0 Å². The highest BCUT2D eigenvalue weighted by Crippen LogP contribution is 2.26. The lowest BCUT2D eigenvalue weighted by atomic mass is 10.0. The Bertz CT molecular complexity index is 499. The topological polar surface area (TPSA) is 26.0 Å². The maximum Gasteiger partial charge on any atom is 0.0493 e. The van der Waals surface area contributed by atoms with Gasteiger partial charge in [-0.25, -0.2) is 0 Å². The highest BCUT2D eigenvalue weighted by molar-refractivity contribution is 6.35. The Balaban J connectivity index is 2.36. The van der Waals surface area contributed by atoms with E-state index in [0.717, 1.165) is 23.3 Å². The van der Waals surface area contributed by atoms with Crippen LogP contribution in [-0.2, 0) is 0 Å². The molecule has 0 aliphatic heterocycles. The van der Waals surface area contributed by atoms with Crippen LogP contribution in [-0.4, -0.2) is 0 Å². The minimum absolute atomic E-state index is 0.638. The van der Waals surface area contributed by atoms with E-state index in [1.807, 2.05) is 30.4 Å². The molecule has 0 amide bonds. The summed E-state index contributed by atoms with van der Waals surface area (Å²) in [7, 11) is 0. The monoisotopic (exact) mass is 251 g/mol. The first-order valence-electron chi connectivity index (χ1n) is 4.95. The van der Waals surface area contributed by atoms with E-state index in [0.29, 0.717) is 10.0 Å². The summed E-state index contributed by atoms with van der Waals surface area (Å²) < 4.78 is 0. The molecule has 82 valence electrons. The maximum absolute atomic E-state index is 6.09. The Labute approximate surface area is 105 Å². The van der Waals surface area contributed by atoms with Crippen LogP contribution in [0.5, 0.6) is 0 Å². The molecular weight excluding hydrogens is 241 g/mol. The number of nitrogens with two attached hydrogens (primary N) is 1. The Morgan fingerprint density at radius 3 is 2.75 bits per heavy atom. The SMILES string of the molecule is NC1=CC=CCC1=Cc1ccc(Cl)cc1Cl. The lowest BCUT2D eigenvalue weighted by Crippen LogP contribution is -2.02. The van der Waals surface area contributed by atoms with Crippen molar-refractivity contribution in [1.82, 2.24) is 0 Å². The van der Waals surface area contributed by atoms with E-state index in [1.54, 1.807) is 6.07 Å². The summed E-state index contributed by atoms with van der Waals surface area (Å²) in [5.41, 5.74) is 8.68. The van der Waals surface area contributed by atoms with Crippen LogP contribution in [0.15, 0.2) is 47.7 Å². The van der Waals surface area contributed by atoms with Crippen LogP contribution in [0.4, 0.5) is 0 Å². The molecule has 0 saturated carbocycles. The lowest BCUT2D eigenvalue weighted by Gasteiger charge is -2.09. The Hall–Kier alpha value is -1.18. The zero-order chi connectivity index (χ0) is 11.5. The van der Waals surface area contributed by atoms with Crippen LogP contribution in [0.3, 0.4) is 0 Å². The van der Waals surface area contributed by atoms with Crippen molar-refractivity contribution in [2.24, 2.45) is 5.73 Å². The van der Waals surface area contributed by atoms with E-state index in [1.165, 1.54) is 0 Å². The smallest absolute Gasteiger partial charge is 0.0493 e. The zero-order valence-electron chi connectivity index (χ0n) is 8.58. The molecule has 2 rings (SSSR count). The van der Waals surface area contributed by atoms with Crippen LogP contribution >= 0.6 is 23.2 Å². The summed E-state index contributed by atoms with van der Waals surface area (Å²) >= 11 is 11.9. The number of benzene rings is 1. The third-order valence-electron chi connectivity index (χ3n) is 2.41. The van der Waals surface area contributed by atoms with Gasteiger partial charge in [0.2, 0.25) is 0 Å². The first kappa shape index (κ1) is 11.3. The fraction of sp³-hybridized carbons (Fsp3) is 0.0769. The van der Waals surface area contributed by atoms with Gasteiger partial charge in [-0.1, -0.05) is 41.4 Å². The normalized spacial score (nSPS) is 17.6. The minimum Gasteiger partial charge on any atom is -0.398 e. The van der Waals surface area contributed by atoms with Crippen molar-refractivity contribution in [1.29, 1.82) is 0 Å². The Morgan fingerprint density at radius 2 is 2.06 bits per heavy atom. The molecule has 16 heavy (non-hydrogen) atoms. The molecule has 0 spiro atoms. The molecular formula is C13H11Cl2N. The second-order valence-corrected chi connectivity index (χ2v) is 4.43. The minimum atomic E-state index is 0.638. The quantitative estimate of drug-likeness (QED) is 0.797. The van der Waals surface area contributed by atoms with E-state index in [2.05, 4.69) is 6.08 Å². The summed E-state index contributed by atoms with van der Waals surface area (Å²) in [5, 5.41) is 1.28. The fourth-order valence-electron chi connectivity index (χ4n) is 1.54. The molecule has 0 aromatic heterocycles. The highest BCUT2D eigenvalue weighted by Gasteiger charge is 2.05. The molecule has 1 aromatic carbocycles. The predicted molar refractivity (Wildman–Crippen MR) is 70.5 cm³/mol. The molecule has 1 aromatic rings. The largest absolute Gasteiger partial charge is 0.398 e. The average molecular weight is 252 g/mol. The molecule has 0 radical (unpaired) electrons. The van der Waals surface area contributed by atoms with E-state index >= 15 is 0 Å². The summed E-state index contributed by atoms with van der Waals surface area (Å²) in [6.45, 7) is 0. The van der Waals surface area contributed by atoms with Gasteiger partial charge in [-0.2, -0.15) is 0 Å². The molecule has 0 unspecified atom stereocenters. The Kier molecular flexibility index (Phi) is 3.37. The molecule has 1 aliphatic carbocycles. The maximum atomic E-state index is 6.09. The van der Waals surface area contributed by atoms with Crippen molar-refractivity contribution in [2.45, 2.75) is 6.42 Å². The molecule has 0 fully saturated rings. The fourth-order valence-corrected chi connectivity index (χ4v) is 2.00. The standard InChI is InChI=1S/C13H11Cl2N/c14-11-6-5-9(12(15)8-11)7-10-3-1-2-4-13(10)16/h1-2,4-8H,3,16H2. The van der Waals surface area contributed by atoms with Crippen molar-refractivity contribution in [3.8, 4) is 0 Å². The number of halogens is 2. The second kappa shape index (κ2) is 4.77.